The molecule has 2 aliphatic rings. The van der Waals surface area contributed by atoms with Gasteiger partial charge in [-0.05, 0) is 55.8 Å². The van der Waals surface area contributed by atoms with Crippen molar-refractivity contribution in [2.75, 3.05) is 6.54 Å². The van der Waals surface area contributed by atoms with Gasteiger partial charge in [-0.2, -0.15) is 0 Å². The normalized spacial score (nSPS) is 26.3. The molecule has 2 fully saturated rings. The number of hydrogen-bond acceptors (Lipinski definition) is 2. The van der Waals surface area contributed by atoms with Crippen LogP contribution in [0.5, 0.6) is 0 Å². The van der Waals surface area contributed by atoms with Gasteiger partial charge >= 0.3 is 5.97 Å². The van der Waals surface area contributed by atoms with E-state index >= 15 is 0 Å². The standard InChI is InChI=1S/C17H22BrNO2/c18-15-10-13(17(20)21)7-8-14(15)11-19-9-3-5-12-4-1-2-6-16(12)19/h7-8,10,12,16H,1-6,9,11H2,(H,20,21). The maximum absolute atomic E-state index is 11.0. The van der Waals surface area contributed by atoms with E-state index in [9.17, 15) is 4.79 Å². The molecule has 0 radical (unpaired) electrons. The van der Waals surface area contributed by atoms with E-state index in [0.717, 1.165) is 23.0 Å². The van der Waals surface area contributed by atoms with Gasteiger partial charge in [-0.15, -0.1) is 0 Å². The molecule has 1 aliphatic heterocycles. The van der Waals surface area contributed by atoms with Crippen LogP contribution in [0, 0.1) is 5.92 Å². The average molecular weight is 352 g/mol. The van der Waals surface area contributed by atoms with Gasteiger partial charge in [0.15, 0.2) is 0 Å². The third-order valence-electron chi connectivity index (χ3n) is 5.03. The van der Waals surface area contributed by atoms with Crippen LogP contribution in [0.2, 0.25) is 0 Å². The van der Waals surface area contributed by atoms with E-state index in [1.165, 1.54) is 50.6 Å². The summed E-state index contributed by atoms with van der Waals surface area (Å²) >= 11 is 3.54. The molecule has 2 unspecified atom stereocenters. The number of likely N-dealkylation sites (tertiary alicyclic amines) is 1. The molecule has 0 aromatic heterocycles. The number of piperidine rings is 1. The number of hydrogen-bond donors (Lipinski definition) is 1. The molecule has 21 heavy (non-hydrogen) atoms. The third kappa shape index (κ3) is 3.32. The van der Waals surface area contributed by atoms with E-state index in [1.807, 2.05) is 6.07 Å². The summed E-state index contributed by atoms with van der Waals surface area (Å²) in [6, 6.07) is 6.13. The quantitative estimate of drug-likeness (QED) is 0.882. The molecule has 4 heteroatoms. The molecule has 0 bridgehead atoms. The average Bonchev–Trinajstić information content (AvgIpc) is 2.49. The second-order valence-electron chi connectivity index (χ2n) is 6.34. The molecule has 1 aromatic rings. The van der Waals surface area contributed by atoms with Crippen molar-refractivity contribution in [2.24, 2.45) is 5.92 Å². The molecule has 114 valence electrons. The topological polar surface area (TPSA) is 40.5 Å². The minimum absolute atomic E-state index is 0.347. The maximum Gasteiger partial charge on any atom is 0.335 e. The SMILES string of the molecule is O=C(O)c1ccc(CN2CCCC3CCCCC32)c(Br)c1. The van der Waals surface area contributed by atoms with Gasteiger partial charge in [0.25, 0.3) is 0 Å². The van der Waals surface area contributed by atoms with Crippen LogP contribution >= 0.6 is 15.9 Å². The van der Waals surface area contributed by atoms with Crippen molar-refractivity contribution in [2.45, 2.75) is 51.1 Å². The Labute approximate surface area is 134 Å². The fourth-order valence-corrected chi connectivity index (χ4v) is 4.46. The molecule has 3 nitrogen and oxygen atoms in total. The molecule has 1 aliphatic carbocycles. The van der Waals surface area contributed by atoms with Crippen molar-refractivity contribution in [3.63, 3.8) is 0 Å². The predicted octanol–water partition coefficient (Wildman–Crippen LogP) is 4.30. The lowest BCUT2D eigenvalue weighted by Gasteiger charge is -2.44. The van der Waals surface area contributed by atoms with E-state index in [0.29, 0.717) is 5.56 Å². The summed E-state index contributed by atoms with van der Waals surface area (Å²) in [7, 11) is 0. The molecule has 0 amide bonds. The van der Waals surface area contributed by atoms with Gasteiger partial charge in [-0.3, -0.25) is 4.90 Å². The summed E-state index contributed by atoms with van der Waals surface area (Å²) < 4.78 is 0.917. The number of fused-ring (bicyclic) bond motifs is 1. The molecular weight excluding hydrogens is 330 g/mol. The van der Waals surface area contributed by atoms with Crippen LogP contribution in [0.15, 0.2) is 22.7 Å². The second-order valence-corrected chi connectivity index (χ2v) is 7.19. The summed E-state index contributed by atoms with van der Waals surface area (Å²) in [6.45, 7) is 2.11. The van der Waals surface area contributed by atoms with Crippen molar-refractivity contribution in [3.05, 3.63) is 33.8 Å². The fraction of sp³-hybridized carbons (Fsp3) is 0.588. The summed E-state index contributed by atoms with van der Waals surface area (Å²) in [5.74, 6) is 0.0112. The van der Waals surface area contributed by atoms with Crippen LogP contribution in [-0.4, -0.2) is 28.6 Å². The smallest absolute Gasteiger partial charge is 0.335 e. The lowest BCUT2D eigenvalue weighted by atomic mass is 9.78. The summed E-state index contributed by atoms with van der Waals surface area (Å²) in [5, 5.41) is 9.04. The number of carboxylic acids is 1. The van der Waals surface area contributed by atoms with E-state index < -0.39 is 5.97 Å². The van der Waals surface area contributed by atoms with Crippen molar-refractivity contribution in [1.82, 2.24) is 4.90 Å². The Hall–Kier alpha value is -0.870. The van der Waals surface area contributed by atoms with Gasteiger partial charge in [0, 0.05) is 17.1 Å². The van der Waals surface area contributed by atoms with Crippen LogP contribution in [0.4, 0.5) is 0 Å². The van der Waals surface area contributed by atoms with Crippen LogP contribution in [-0.2, 0) is 6.54 Å². The van der Waals surface area contributed by atoms with Gasteiger partial charge in [-0.25, -0.2) is 4.79 Å². The first-order valence-electron chi connectivity index (χ1n) is 7.91. The molecule has 1 N–H and O–H groups in total. The Balaban J connectivity index is 1.74. The van der Waals surface area contributed by atoms with E-state index in [2.05, 4.69) is 20.8 Å². The molecule has 3 rings (SSSR count). The number of rotatable bonds is 3. The molecular formula is C17H22BrNO2. The number of carboxylic acid groups (broad SMARTS) is 1. The largest absolute Gasteiger partial charge is 0.478 e. The van der Waals surface area contributed by atoms with Crippen molar-refractivity contribution < 1.29 is 9.90 Å². The van der Waals surface area contributed by atoms with Crippen LogP contribution in [0.25, 0.3) is 0 Å². The molecule has 0 spiro atoms. The zero-order valence-electron chi connectivity index (χ0n) is 12.2. The summed E-state index contributed by atoms with van der Waals surface area (Å²) in [5.41, 5.74) is 1.55. The van der Waals surface area contributed by atoms with Gasteiger partial charge in [-0.1, -0.05) is 34.8 Å². The van der Waals surface area contributed by atoms with Gasteiger partial charge in [0.2, 0.25) is 0 Å². The molecule has 1 saturated carbocycles. The predicted molar refractivity (Wildman–Crippen MR) is 86.5 cm³/mol. The Morgan fingerprint density at radius 3 is 2.76 bits per heavy atom. The maximum atomic E-state index is 11.0. The monoisotopic (exact) mass is 351 g/mol. The first-order chi connectivity index (χ1) is 10.1. The van der Waals surface area contributed by atoms with Crippen molar-refractivity contribution in [1.29, 1.82) is 0 Å². The highest BCUT2D eigenvalue weighted by atomic mass is 79.9. The summed E-state index contributed by atoms with van der Waals surface area (Å²) in [4.78, 5) is 13.6. The van der Waals surface area contributed by atoms with E-state index in [-0.39, 0.29) is 0 Å². The Kier molecular flexibility index (Phi) is 4.65. The number of benzene rings is 1. The van der Waals surface area contributed by atoms with Gasteiger partial charge < -0.3 is 5.11 Å². The number of aromatic carboxylic acids is 1. The molecule has 1 saturated heterocycles. The number of halogens is 1. The Bertz CT molecular complexity index is 530. The number of nitrogens with zero attached hydrogens (tertiary/aromatic N) is 1. The highest BCUT2D eigenvalue weighted by molar-refractivity contribution is 9.10. The fourth-order valence-electron chi connectivity index (χ4n) is 3.95. The molecule has 2 atom stereocenters. The number of carbonyl (C=O) groups is 1. The summed E-state index contributed by atoms with van der Waals surface area (Å²) in [6.07, 6.45) is 8.16. The van der Waals surface area contributed by atoms with Crippen molar-refractivity contribution in [3.8, 4) is 0 Å². The van der Waals surface area contributed by atoms with Crippen LogP contribution in [0.1, 0.15) is 54.4 Å². The van der Waals surface area contributed by atoms with E-state index in [4.69, 9.17) is 5.11 Å². The zero-order chi connectivity index (χ0) is 14.8. The van der Waals surface area contributed by atoms with Crippen LogP contribution in [0.3, 0.4) is 0 Å². The lowest BCUT2D eigenvalue weighted by Crippen LogP contribution is -2.46. The first-order valence-corrected chi connectivity index (χ1v) is 8.70. The first kappa shape index (κ1) is 15.0. The second kappa shape index (κ2) is 6.49. The van der Waals surface area contributed by atoms with Crippen LogP contribution < -0.4 is 0 Å². The van der Waals surface area contributed by atoms with Crippen molar-refractivity contribution >= 4 is 21.9 Å². The highest BCUT2D eigenvalue weighted by Gasteiger charge is 2.33. The van der Waals surface area contributed by atoms with Gasteiger partial charge in [0.1, 0.15) is 0 Å². The Morgan fingerprint density at radius 1 is 1.24 bits per heavy atom. The third-order valence-corrected chi connectivity index (χ3v) is 5.77. The zero-order valence-corrected chi connectivity index (χ0v) is 13.8. The molecule has 1 heterocycles. The van der Waals surface area contributed by atoms with Gasteiger partial charge in [0.05, 0.1) is 5.56 Å². The lowest BCUT2D eigenvalue weighted by molar-refractivity contribution is 0.0545. The van der Waals surface area contributed by atoms with E-state index in [1.54, 1.807) is 12.1 Å². The minimum atomic E-state index is -0.868. The highest BCUT2D eigenvalue weighted by Crippen LogP contribution is 2.36. The minimum Gasteiger partial charge on any atom is -0.478 e. The molecule has 1 aromatic carbocycles. The Morgan fingerprint density at radius 2 is 2.00 bits per heavy atom.